The third-order valence-corrected chi connectivity index (χ3v) is 5.03. The van der Waals surface area contributed by atoms with Crippen molar-refractivity contribution < 1.29 is 8.42 Å². The SMILES string of the molecule is Cc1[nH]ncc1S(=O)(=O)NC1(C(=N)N)CCCC1. The zero-order valence-corrected chi connectivity index (χ0v) is 11.0. The molecule has 1 aliphatic rings. The van der Waals surface area contributed by atoms with E-state index in [0.717, 1.165) is 12.8 Å². The Bertz CT molecular complexity index is 557. The van der Waals surface area contributed by atoms with Crippen molar-refractivity contribution in [1.82, 2.24) is 14.9 Å². The predicted octanol–water partition coefficient (Wildman–Crippen LogP) is 0.245. The molecule has 1 aromatic rings. The molecule has 0 bridgehead atoms. The first-order chi connectivity index (χ1) is 8.37. The summed E-state index contributed by atoms with van der Waals surface area (Å²) < 4.78 is 27.1. The van der Waals surface area contributed by atoms with Gasteiger partial charge in [0.2, 0.25) is 10.0 Å². The summed E-state index contributed by atoms with van der Waals surface area (Å²) >= 11 is 0. The molecule has 1 aromatic heterocycles. The summed E-state index contributed by atoms with van der Waals surface area (Å²) in [6.07, 6.45) is 4.14. The average Bonchev–Trinajstić information content (AvgIpc) is 2.87. The Balaban J connectivity index is 2.33. The van der Waals surface area contributed by atoms with Crippen LogP contribution in [0.25, 0.3) is 0 Å². The number of H-pyrrole nitrogens is 1. The topological polar surface area (TPSA) is 125 Å². The minimum absolute atomic E-state index is 0.107. The second-order valence-corrected chi connectivity index (χ2v) is 6.32. The highest BCUT2D eigenvalue weighted by Gasteiger charge is 2.41. The number of amidine groups is 1. The molecular formula is C10H17N5O2S. The van der Waals surface area contributed by atoms with Crippen LogP contribution in [0.5, 0.6) is 0 Å². The summed E-state index contributed by atoms with van der Waals surface area (Å²) in [6, 6.07) is 0. The minimum atomic E-state index is -3.70. The number of aromatic nitrogens is 2. The number of rotatable bonds is 4. The van der Waals surface area contributed by atoms with Crippen molar-refractivity contribution in [3.8, 4) is 0 Å². The summed E-state index contributed by atoms with van der Waals surface area (Å²) in [4.78, 5) is 0.107. The molecule has 1 saturated carbocycles. The van der Waals surface area contributed by atoms with Crippen LogP contribution in [-0.4, -0.2) is 30.0 Å². The van der Waals surface area contributed by atoms with Crippen molar-refractivity contribution in [3.63, 3.8) is 0 Å². The van der Waals surface area contributed by atoms with E-state index in [1.807, 2.05) is 0 Å². The van der Waals surface area contributed by atoms with E-state index >= 15 is 0 Å². The highest BCUT2D eigenvalue weighted by Crippen LogP contribution is 2.31. The fraction of sp³-hybridized carbons (Fsp3) is 0.600. The Hall–Kier alpha value is -1.41. The zero-order valence-electron chi connectivity index (χ0n) is 10.2. The van der Waals surface area contributed by atoms with Crippen molar-refractivity contribution in [2.24, 2.45) is 5.73 Å². The first-order valence-electron chi connectivity index (χ1n) is 5.76. The number of nitrogens with one attached hydrogen (secondary N) is 3. The van der Waals surface area contributed by atoms with E-state index < -0.39 is 15.6 Å². The Morgan fingerprint density at radius 2 is 2.17 bits per heavy atom. The molecule has 0 aromatic carbocycles. The normalized spacial score (nSPS) is 18.9. The number of aromatic amines is 1. The van der Waals surface area contributed by atoms with Crippen molar-refractivity contribution >= 4 is 15.9 Å². The smallest absolute Gasteiger partial charge is 0.244 e. The molecule has 1 heterocycles. The maximum atomic E-state index is 12.3. The molecule has 1 aliphatic carbocycles. The van der Waals surface area contributed by atoms with Gasteiger partial charge in [-0.15, -0.1) is 0 Å². The quantitative estimate of drug-likeness (QED) is 0.462. The van der Waals surface area contributed by atoms with Gasteiger partial charge in [-0.2, -0.15) is 9.82 Å². The van der Waals surface area contributed by atoms with E-state index in [1.54, 1.807) is 6.92 Å². The lowest BCUT2D eigenvalue weighted by Crippen LogP contribution is -2.55. The number of aryl methyl sites for hydroxylation is 1. The second-order valence-electron chi connectivity index (χ2n) is 4.67. The molecule has 0 spiro atoms. The largest absolute Gasteiger partial charge is 0.386 e. The highest BCUT2D eigenvalue weighted by molar-refractivity contribution is 7.89. The molecule has 0 saturated heterocycles. The van der Waals surface area contributed by atoms with Crippen molar-refractivity contribution in [3.05, 3.63) is 11.9 Å². The van der Waals surface area contributed by atoms with Crippen molar-refractivity contribution in [2.75, 3.05) is 0 Å². The lowest BCUT2D eigenvalue weighted by Gasteiger charge is -2.28. The van der Waals surface area contributed by atoms with Gasteiger partial charge in [-0.3, -0.25) is 10.5 Å². The Kier molecular flexibility index (Phi) is 3.16. The molecule has 0 amide bonds. The predicted molar refractivity (Wildman–Crippen MR) is 66.8 cm³/mol. The standard InChI is InChI=1S/C10H17N5O2S/c1-7-8(6-13-14-7)18(16,17)15-10(9(11)12)4-2-3-5-10/h6,15H,2-5H2,1H3,(H3,11,12)(H,13,14). The van der Waals surface area contributed by atoms with Gasteiger partial charge < -0.3 is 5.73 Å². The second kappa shape index (κ2) is 4.36. The van der Waals surface area contributed by atoms with E-state index in [-0.39, 0.29) is 10.7 Å². The molecule has 0 unspecified atom stereocenters. The fourth-order valence-corrected chi connectivity index (χ4v) is 3.91. The molecule has 1 fully saturated rings. The molecule has 5 N–H and O–H groups in total. The van der Waals surface area contributed by atoms with Crippen LogP contribution in [0.15, 0.2) is 11.1 Å². The lowest BCUT2D eigenvalue weighted by atomic mass is 9.98. The van der Waals surface area contributed by atoms with E-state index in [4.69, 9.17) is 11.1 Å². The molecular weight excluding hydrogens is 254 g/mol. The van der Waals surface area contributed by atoms with Gasteiger partial charge in [0.05, 0.1) is 17.4 Å². The van der Waals surface area contributed by atoms with E-state index in [9.17, 15) is 8.42 Å². The van der Waals surface area contributed by atoms with Gasteiger partial charge in [0.15, 0.2) is 0 Å². The van der Waals surface area contributed by atoms with Crippen molar-refractivity contribution in [1.29, 1.82) is 5.41 Å². The maximum absolute atomic E-state index is 12.3. The van der Waals surface area contributed by atoms with E-state index in [2.05, 4.69) is 14.9 Å². The van der Waals surface area contributed by atoms with Gasteiger partial charge >= 0.3 is 0 Å². The van der Waals surface area contributed by atoms with Gasteiger partial charge in [-0.1, -0.05) is 12.8 Å². The average molecular weight is 271 g/mol. The van der Waals surface area contributed by atoms with Crippen LogP contribution in [0.2, 0.25) is 0 Å². The van der Waals surface area contributed by atoms with Crippen LogP contribution < -0.4 is 10.5 Å². The van der Waals surface area contributed by atoms with E-state index in [1.165, 1.54) is 6.20 Å². The maximum Gasteiger partial charge on any atom is 0.244 e. The van der Waals surface area contributed by atoms with Crippen LogP contribution in [0.1, 0.15) is 31.4 Å². The summed E-state index contributed by atoms with van der Waals surface area (Å²) in [7, 11) is -3.70. The summed E-state index contributed by atoms with van der Waals surface area (Å²) in [6.45, 7) is 1.64. The Morgan fingerprint density at radius 1 is 1.56 bits per heavy atom. The Labute approximate surface area is 106 Å². The molecule has 2 rings (SSSR count). The summed E-state index contributed by atoms with van der Waals surface area (Å²) in [5.74, 6) is -0.121. The van der Waals surface area contributed by atoms with Gasteiger partial charge in [-0.25, -0.2) is 8.42 Å². The van der Waals surface area contributed by atoms with Gasteiger partial charge in [-0.05, 0) is 19.8 Å². The molecule has 0 atom stereocenters. The summed E-state index contributed by atoms with van der Waals surface area (Å²) in [5.41, 5.74) is 5.11. The number of hydrogen-bond donors (Lipinski definition) is 4. The number of nitrogens with two attached hydrogens (primary N) is 1. The highest BCUT2D eigenvalue weighted by atomic mass is 32.2. The van der Waals surface area contributed by atoms with Gasteiger partial charge in [0.25, 0.3) is 0 Å². The van der Waals surface area contributed by atoms with Crippen LogP contribution in [0.3, 0.4) is 0 Å². The third kappa shape index (κ3) is 2.13. The Morgan fingerprint density at radius 3 is 2.61 bits per heavy atom. The molecule has 0 radical (unpaired) electrons. The number of sulfonamides is 1. The number of hydrogen-bond acceptors (Lipinski definition) is 4. The number of nitrogens with zero attached hydrogens (tertiary/aromatic N) is 1. The molecule has 18 heavy (non-hydrogen) atoms. The lowest BCUT2D eigenvalue weighted by molar-refractivity contribution is 0.496. The minimum Gasteiger partial charge on any atom is -0.386 e. The first kappa shape index (κ1) is 13.0. The van der Waals surface area contributed by atoms with E-state index in [0.29, 0.717) is 18.5 Å². The van der Waals surface area contributed by atoms with Crippen molar-refractivity contribution in [2.45, 2.75) is 43.0 Å². The summed E-state index contributed by atoms with van der Waals surface area (Å²) in [5, 5.41) is 13.9. The van der Waals surface area contributed by atoms with Crippen LogP contribution in [0.4, 0.5) is 0 Å². The molecule has 0 aliphatic heterocycles. The van der Waals surface area contributed by atoms with Gasteiger partial charge in [0.1, 0.15) is 10.7 Å². The molecule has 8 heteroatoms. The first-order valence-corrected chi connectivity index (χ1v) is 7.24. The monoisotopic (exact) mass is 271 g/mol. The van der Waals surface area contributed by atoms with Crippen LogP contribution in [-0.2, 0) is 10.0 Å². The molecule has 7 nitrogen and oxygen atoms in total. The molecule has 100 valence electrons. The van der Waals surface area contributed by atoms with Crippen LogP contribution >= 0.6 is 0 Å². The van der Waals surface area contributed by atoms with Crippen LogP contribution in [0, 0.1) is 12.3 Å². The third-order valence-electron chi connectivity index (χ3n) is 3.38. The van der Waals surface area contributed by atoms with Gasteiger partial charge in [0, 0.05) is 0 Å². The zero-order chi connectivity index (χ0) is 13.4. The fourth-order valence-electron chi connectivity index (χ4n) is 2.33.